The van der Waals surface area contributed by atoms with Crippen molar-refractivity contribution >= 4 is 0 Å². The van der Waals surface area contributed by atoms with Gasteiger partial charge in [-0.05, 0) is 118 Å². The van der Waals surface area contributed by atoms with Crippen molar-refractivity contribution in [2.24, 2.45) is 45.3 Å². The first-order valence-corrected chi connectivity index (χ1v) is 21.0. The van der Waals surface area contributed by atoms with Gasteiger partial charge in [-0.15, -0.1) is 0 Å². The molecule has 4 aliphatic carbocycles. The molecule has 0 aromatic rings. The van der Waals surface area contributed by atoms with Gasteiger partial charge in [0, 0.05) is 0 Å². The van der Waals surface area contributed by atoms with Gasteiger partial charge >= 0.3 is 0 Å². The van der Waals surface area contributed by atoms with E-state index in [-0.39, 0.29) is 30.1 Å². The van der Waals surface area contributed by atoms with Crippen LogP contribution in [0, 0.1) is 45.3 Å². The monoisotopic (exact) mass is 816 g/mol. The van der Waals surface area contributed by atoms with E-state index in [0.29, 0.717) is 32.1 Å². The van der Waals surface area contributed by atoms with Gasteiger partial charge in [0.15, 0.2) is 12.6 Å². The molecule has 6 aliphatic rings. The summed E-state index contributed by atoms with van der Waals surface area (Å²) in [5.41, 5.74) is -4.27. The zero-order chi connectivity index (χ0) is 42.4. The molecule has 2 aliphatic heterocycles. The van der Waals surface area contributed by atoms with Crippen molar-refractivity contribution in [2.75, 3.05) is 6.61 Å². The molecule has 15 nitrogen and oxygen atoms in total. The Hall–Kier alpha value is -0.860. The molecule has 0 aromatic heterocycles. The zero-order valence-corrected chi connectivity index (χ0v) is 35.1. The Morgan fingerprint density at radius 2 is 1.46 bits per heavy atom. The first kappa shape index (κ1) is 45.7. The van der Waals surface area contributed by atoms with Crippen molar-refractivity contribution in [1.82, 2.24) is 0 Å². The molecule has 0 radical (unpaired) electrons. The Kier molecular flexibility index (Phi) is 12.7. The molecule has 6 fully saturated rings. The van der Waals surface area contributed by atoms with Crippen LogP contribution in [0.2, 0.25) is 0 Å². The lowest BCUT2D eigenvalue weighted by Gasteiger charge is -2.72. The van der Waals surface area contributed by atoms with E-state index in [1.807, 2.05) is 26.8 Å². The summed E-state index contributed by atoms with van der Waals surface area (Å²) >= 11 is 0. The normalized spacial score (nSPS) is 52.5. The highest BCUT2D eigenvalue weighted by Gasteiger charge is 2.73. The number of hydrogen-bond acceptors (Lipinski definition) is 15. The molecule has 0 aromatic carbocycles. The quantitative estimate of drug-likeness (QED) is 0.0652. The molecule has 2 heterocycles. The van der Waals surface area contributed by atoms with Crippen LogP contribution in [-0.4, -0.2) is 149 Å². The van der Waals surface area contributed by atoms with Crippen LogP contribution in [0.25, 0.3) is 0 Å². The predicted molar refractivity (Wildman–Crippen MR) is 204 cm³/mol. The molecule has 21 unspecified atom stereocenters. The minimum absolute atomic E-state index is 0.0129. The fourth-order valence-corrected chi connectivity index (χ4v) is 13.2. The third kappa shape index (κ3) is 7.49. The summed E-state index contributed by atoms with van der Waals surface area (Å²) in [6.07, 6.45) is -9.42. The number of aliphatic hydroxyl groups is 9. The molecule has 57 heavy (non-hydrogen) atoms. The molecule has 6 rings (SSSR count). The molecular weight excluding hydrogens is 744 g/mol. The minimum atomic E-state index is -1.72. The standard InChI is InChI=1S/C42H72O15/c1-20-28(46)30(48)32(50)35(53-20)56-33-31(49)29(47)24(19-43)55-36(33)54-23-18-41(8)25(39(6)15-12-26(45)38(4,5)34(23)39)17-22(44)27-21(11-16-40(27,41)7)42(9,51)14-10-13-37(2,3)57-52/h10,13,20-36,43-52H,11-12,14-19H2,1-9H3. The maximum absolute atomic E-state index is 12.3. The van der Waals surface area contributed by atoms with Gasteiger partial charge in [0.2, 0.25) is 0 Å². The second kappa shape index (κ2) is 15.8. The van der Waals surface area contributed by atoms with Crippen LogP contribution < -0.4 is 0 Å². The SMILES string of the molecule is CC1OC(OC2C(OC3CC4(C)C(CC(O)C5C(C(C)(O)CC=CC(C)(C)OO)CCC54C)C4(C)CCC(O)C(C)(C)C34)OC(CO)C(O)C2O)C(O)C(O)C1O. The molecule has 0 amide bonds. The number of fused-ring (bicyclic) bond motifs is 5. The average Bonchev–Trinajstić information content (AvgIpc) is 3.52. The maximum atomic E-state index is 12.3. The van der Waals surface area contributed by atoms with Crippen molar-refractivity contribution in [3.63, 3.8) is 0 Å². The Labute approximate surface area is 336 Å². The first-order chi connectivity index (χ1) is 26.3. The van der Waals surface area contributed by atoms with Crippen LogP contribution in [0.15, 0.2) is 12.2 Å². The van der Waals surface area contributed by atoms with Crippen LogP contribution >= 0.6 is 0 Å². The zero-order valence-electron chi connectivity index (χ0n) is 35.1. The van der Waals surface area contributed by atoms with Crippen LogP contribution in [0.5, 0.6) is 0 Å². The smallest absolute Gasteiger partial charge is 0.187 e. The maximum Gasteiger partial charge on any atom is 0.187 e. The molecule has 10 N–H and O–H groups in total. The van der Waals surface area contributed by atoms with Gasteiger partial charge in [-0.2, -0.15) is 0 Å². The lowest BCUT2D eigenvalue weighted by atomic mass is 9.34. The van der Waals surface area contributed by atoms with Gasteiger partial charge in [0.25, 0.3) is 0 Å². The van der Waals surface area contributed by atoms with E-state index < -0.39 is 119 Å². The summed E-state index contributed by atoms with van der Waals surface area (Å²) in [5, 5.41) is 110. The summed E-state index contributed by atoms with van der Waals surface area (Å²) in [6.45, 7) is 16.8. The van der Waals surface area contributed by atoms with Crippen molar-refractivity contribution in [3.8, 4) is 0 Å². The molecule has 15 heteroatoms. The predicted octanol–water partition coefficient (Wildman–Crippen LogP) is 1.62. The minimum Gasteiger partial charge on any atom is -0.394 e. The van der Waals surface area contributed by atoms with Gasteiger partial charge in [-0.3, -0.25) is 5.26 Å². The van der Waals surface area contributed by atoms with Crippen LogP contribution in [0.1, 0.15) is 107 Å². The third-order valence-electron chi connectivity index (χ3n) is 16.5. The highest BCUT2D eigenvalue weighted by atomic mass is 17.1. The number of ether oxygens (including phenoxy) is 4. The highest BCUT2D eigenvalue weighted by molar-refractivity contribution is 5.22. The van der Waals surface area contributed by atoms with E-state index in [9.17, 15) is 51.2 Å². The summed E-state index contributed by atoms with van der Waals surface area (Å²) in [6, 6.07) is 0. The van der Waals surface area contributed by atoms with E-state index >= 15 is 0 Å². The summed E-state index contributed by atoms with van der Waals surface area (Å²) in [5.74, 6) is -0.858. The second-order valence-electron chi connectivity index (χ2n) is 20.7. The molecule has 21 atom stereocenters. The largest absolute Gasteiger partial charge is 0.394 e. The van der Waals surface area contributed by atoms with Crippen molar-refractivity contribution < 1.29 is 75.1 Å². The van der Waals surface area contributed by atoms with Crippen LogP contribution in [-0.2, 0) is 23.8 Å². The lowest BCUT2D eigenvalue weighted by Crippen LogP contribution is -2.71. The fourth-order valence-electron chi connectivity index (χ4n) is 13.2. The lowest BCUT2D eigenvalue weighted by molar-refractivity contribution is -0.382. The summed E-state index contributed by atoms with van der Waals surface area (Å²) < 4.78 is 25.1. The summed E-state index contributed by atoms with van der Waals surface area (Å²) in [7, 11) is 0. The molecule has 330 valence electrons. The molecule has 2 saturated heterocycles. The fraction of sp³-hybridized carbons (Fsp3) is 0.952. The van der Waals surface area contributed by atoms with E-state index in [2.05, 4.69) is 25.7 Å². The highest BCUT2D eigenvalue weighted by Crippen LogP contribution is 2.76. The molecule has 0 spiro atoms. The topological polar surface area (TPSA) is 248 Å². The average molecular weight is 817 g/mol. The second-order valence-corrected chi connectivity index (χ2v) is 20.7. The van der Waals surface area contributed by atoms with E-state index in [1.54, 1.807) is 19.9 Å². The van der Waals surface area contributed by atoms with Crippen LogP contribution in [0.3, 0.4) is 0 Å². The van der Waals surface area contributed by atoms with Crippen molar-refractivity contribution in [1.29, 1.82) is 0 Å². The first-order valence-electron chi connectivity index (χ1n) is 21.0. The van der Waals surface area contributed by atoms with Gasteiger partial charge in [0.05, 0.1) is 36.6 Å². The summed E-state index contributed by atoms with van der Waals surface area (Å²) in [4.78, 5) is 4.56. The van der Waals surface area contributed by atoms with Gasteiger partial charge in [-0.1, -0.05) is 46.8 Å². The van der Waals surface area contributed by atoms with Gasteiger partial charge in [-0.25, -0.2) is 4.89 Å². The molecular formula is C42H72O15. The third-order valence-corrected chi connectivity index (χ3v) is 16.5. The van der Waals surface area contributed by atoms with E-state index in [1.165, 1.54) is 6.92 Å². The Bertz CT molecular complexity index is 1440. The van der Waals surface area contributed by atoms with Crippen LogP contribution in [0.4, 0.5) is 0 Å². The van der Waals surface area contributed by atoms with Crippen molar-refractivity contribution in [3.05, 3.63) is 12.2 Å². The molecule has 0 bridgehead atoms. The van der Waals surface area contributed by atoms with Crippen molar-refractivity contribution in [2.45, 2.75) is 198 Å². The number of hydrogen-bond donors (Lipinski definition) is 10. The Morgan fingerprint density at radius 3 is 2.09 bits per heavy atom. The van der Waals surface area contributed by atoms with E-state index in [0.717, 1.165) is 6.42 Å². The van der Waals surface area contributed by atoms with Gasteiger partial charge < -0.3 is 64.9 Å². The number of rotatable bonds is 10. The van der Waals surface area contributed by atoms with E-state index in [4.69, 9.17) is 18.9 Å². The Balaban J connectivity index is 1.38. The Morgan fingerprint density at radius 1 is 0.789 bits per heavy atom. The van der Waals surface area contributed by atoms with Gasteiger partial charge in [0.1, 0.15) is 48.3 Å². The number of aliphatic hydroxyl groups excluding tert-OH is 8. The molecule has 4 saturated carbocycles.